The van der Waals surface area contributed by atoms with Crippen molar-refractivity contribution >= 4 is 48.9 Å². The lowest BCUT2D eigenvalue weighted by Crippen LogP contribution is -2.33. The highest BCUT2D eigenvalue weighted by molar-refractivity contribution is 9.11. The number of nitrogens with zero attached hydrogens (tertiary/aromatic N) is 2. The molecular weight excluding hydrogens is 360 g/mol. The van der Waals surface area contributed by atoms with Crippen LogP contribution in [-0.2, 0) is 10.0 Å². The fraction of sp³-hybridized carbons (Fsp3) is 0.500. The second-order valence-electron chi connectivity index (χ2n) is 3.67. The van der Waals surface area contributed by atoms with E-state index in [2.05, 4.69) is 15.9 Å². The van der Waals surface area contributed by atoms with Crippen molar-refractivity contribution in [2.24, 2.45) is 5.92 Å². The minimum absolute atomic E-state index is 0.183. The minimum atomic E-state index is -3.57. The van der Waals surface area contributed by atoms with E-state index in [-0.39, 0.29) is 16.7 Å². The van der Waals surface area contributed by atoms with Crippen LogP contribution in [0.4, 0.5) is 0 Å². The van der Waals surface area contributed by atoms with Gasteiger partial charge in [0.25, 0.3) is 10.0 Å². The molecule has 0 aliphatic heterocycles. The van der Waals surface area contributed by atoms with E-state index in [1.807, 2.05) is 6.07 Å². The summed E-state index contributed by atoms with van der Waals surface area (Å²) in [6, 6.07) is 3.45. The molecule has 1 atom stereocenters. The molecule has 1 unspecified atom stereocenters. The number of nitriles is 1. The van der Waals surface area contributed by atoms with E-state index >= 15 is 0 Å². The second-order valence-corrected chi connectivity index (χ2v) is 8.61. The van der Waals surface area contributed by atoms with Gasteiger partial charge in [0, 0.05) is 13.1 Å². The van der Waals surface area contributed by atoms with Crippen LogP contribution in [0.5, 0.6) is 0 Å². The molecule has 1 heterocycles. The Hall–Kier alpha value is -0.130. The van der Waals surface area contributed by atoms with Gasteiger partial charge in [-0.3, -0.25) is 0 Å². The number of hydrogen-bond donors (Lipinski definition) is 0. The van der Waals surface area contributed by atoms with Crippen molar-refractivity contribution in [3.05, 3.63) is 14.9 Å². The van der Waals surface area contributed by atoms with Crippen LogP contribution >= 0.6 is 38.9 Å². The van der Waals surface area contributed by atoms with Gasteiger partial charge in [0.05, 0.1) is 20.8 Å². The van der Waals surface area contributed by atoms with Crippen LogP contribution in [0.3, 0.4) is 0 Å². The van der Waals surface area contributed by atoms with Gasteiger partial charge in [0.15, 0.2) is 0 Å². The first kappa shape index (κ1) is 15.9. The summed E-state index contributed by atoms with van der Waals surface area (Å²) in [5.41, 5.74) is 0. The summed E-state index contributed by atoms with van der Waals surface area (Å²) in [7, 11) is -3.57. The highest BCUT2D eigenvalue weighted by atomic mass is 79.9. The molecule has 4 nitrogen and oxygen atoms in total. The van der Waals surface area contributed by atoms with Crippen LogP contribution in [0.25, 0.3) is 0 Å². The van der Waals surface area contributed by atoms with Crippen LogP contribution in [0, 0.1) is 17.2 Å². The van der Waals surface area contributed by atoms with Gasteiger partial charge < -0.3 is 0 Å². The molecular formula is C10H12BrClN2O2S2. The lowest BCUT2D eigenvalue weighted by molar-refractivity contribution is 0.401. The van der Waals surface area contributed by atoms with Crippen molar-refractivity contribution in [1.29, 1.82) is 5.26 Å². The molecule has 0 aliphatic rings. The molecule has 1 aromatic rings. The Morgan fingerprint density at radius 3 is 2.67 bits per heavy atom. The highest BCUT2D eigenvalue weighted by Crippen LogP contribution is 2.35. The van der Waals surface area contributed by atoms with Gasteiger partial charge in [-0.2, -0.15) is 9.57 Å². The summed E-state index contributed by atoms with van der Waals surface area (Å²) in [6.45, 7) is 3.94. The number of hydrogen-bond acceptors (Lipinski definition) is 4. The van der Waals surface area contributed by atoms with E-state index in [9.17, 15) is 8.42 Å². The minimum Gasteiger partial charge on any atom is -0.206 e. The van der Waals surface area contributed by atoms with E-state index in [4.69, 9.17) is 16.9 Å². The summed E-state index contributed by atoms with van der Waals surface area (Å²) < 4.78 is 26.7. The lowest BCUT2D eigenvalue weighted by Gasteiger charge is -2.20. The molecule has 0 radical (unpaired) electrons. The molecule has 1 aromatic heterocycles. The number of thiophene rings is 1. The maximum atomic E-state index is 12.3. The third kappa shape index (κ3) is 3.45. The smallest absolute Gasteiger partial charge is 0.206 e. The number of halogens is 2. The summed E-state index contributed by atoms with van der Waals surface area (Å²) in [5.74, 6) is -0.349. The van der Waals surface area contributed by atoms with Crippen LogP contribution in [-0.4, -0.2) is 25.8 Å². The molecule has 0 saturated heterocycles. The summed E-state index contributed by atoms with van der Waals surface area (Å²) in [6.07, 6.45) is 0. The number of sulfonamides is 1. The first-order chi connectivity index (χ1) is 8.32. The fourth-order valence-electron chi connectivity index (χ4n) is 1.32. The quantitative estimate of drug-likeness (QED) is 0.797. The Kier molecular flexibility index (Phi) is 5.62. The third-order valence-corrected chi connectivity index (χ3v) is 7.13. The van der Waals surface area contributed by atoms with Crippen molar-refractivity contribution < 1.29 is 8.42 Å². The van der Waals surface area contributed by atoms with Gasteiger partial charge in [0.2, 0.25) is 0 Å². The summed E-state index contributed by atoms with van der Waals surface area (Å²) >= 11 is 10.1. The average molecular weight is 372 g/mol. The maximum Gasteiger partial charge on any atom is 0.252 e. The molecule has 0 fully saturated rings. The summed E-state index contributed by atoms with van der Waals surface area (Å²) in [4.78, 5) is 0. The summed E-state index contributed by atoms with van der Waals surface area (Å²) in [5, 5.41) is 9.14. The van der Waals surface area contributed by atoms with Crippen molar-refractivity contribution in [2.45, 2.75) is 18.1 Å². The van der Waals surface area contributed by atoms with Crippen LogP contribution in [0.15, 0.2) is 14.1 Å². The Morgan fingerprint density at radius 2 is 2.28 bits per heavy atom. The third-order valence-electron chi connectivity index (χ3n) is 2.27. The Bertz CT molecular complexity index is 545. The van der Waals surface area contributed by atoms with Gasteiger partial charge in [-0.25, -0.2) is 8.42 Å². The molecule has 18 heavy (non-hydrogen) atoms. The molecule has 0 N–H and O–H groups in total. The van der Waals surface area contributed by atoms with E-state index < -0.39 is 10.0 Å². The van der Waals surface area contributed by atoms with Gasteiger partial charge in [-0.05, 0) is 28.9 Å². The molecule has 0 bridgehead atoms. The Balaban J connectivity index is 3.08. The van der Waals surface area contributed by atoms with Gasteiger partial charge in [-0.1, -0.05) is 18.5 Å². The largest absolute Gasteiger partial charge is 0.252 e. The van der Waals surface area contributed by atoms with E-state index in [1.165, 1.54) is 10.4 Å². The first-order valence-electron chi connectivity index (χ1n) is 5.17. The predicted molar refractivity (Wildman–Crippen MR) is 76.2 cm³/mol. The zero-order chi connectivity index (χ0) is 13.9. The normalized spacial score (nSPS) is 13.6. The van der Waals surface area contributed by atoms with Crippen molar-refractivity contribution in [3.8, 4) is 6.07 Å². The van der Waals surface area contributed by atoms with Crippen LogP contribution in [0.1, 0.15) is 13.8 Å². The highest BCUT2D eigenvalue weighted by Gasteiger charge is 2.27. The zero-order valence-corrected chi connectivity index (χ0v) is 13.8. The van der Waals surface area contributed by atoms with Crippen molar-refractivity contribution in [3.63, 3.8) is 0 Å². The van der Waals surface area contributed by atoms with Gasteiger partial charge in [0.1, 0.15) is 4.21 Å². The molecule has 0 saturated carbocycles. The molecule has 1 rings (SSSR count). The molecule has 0 amide bonds. The Labute approximate surface area is 124 Å². The first-order valence-corrected chi connectivity index (χ1v) is 8.60. The molecule has 0 spiro atoms. The monoisotopic (exact) mass is 370 g/mol. The van der Waals surface area contributed by atoms with E-state index in [1.54, 1.807) is 13.8 Å². The van der Waals surface area contributed by atoms with E-state index in [0.717, 1.165) is 11.3 Å². The Morgan fingerprint density at radius 1 is 1.67 bits per heavy atom. The van der Waals surface area contributed by atoms with Crippen LogP contribution < -0.4 is 0 Å². The molecule has 0 aromatic carbocycles. The predicted octanol–water partition coefficient (Wildman–Crippen LogP) is 3.33. The van der Waals surface area contributed by atoms with Gasteiger partial charge in [-0.15, -0.1) is 11.3 Å². The van der Waals surface area contributed by atoms with Crippen LogP contribution in [0.2, 0.25) is 5.02 Å². The second kappa shape index (κ2) is 6.35. The van der Waals surface area contributed by atoms with Crippen molar-refractivity contribution in [2.75, 3.05) is 13.1 Å². The lowest BCUT2D eigenvalue weighted by atomic mass is 10.2. The fourth-order valence-corrected chi connectivity index (χ4v) is 5.42. The topological polar surface area (TPSA) is 61.2 Å². The van der Waals surface area contributed by atoms with E-state index in [0.29, 0.717) is 15.4 Å². The SMILES string of the molecule is CCN(CC(C)C#N)S(=O)(=O)c1cc(Cl)c(Br)s1. The zero-order valence-electron chi connectivity index (χ0n) is 9.85. The average Bonchev–Trinajstić information content (AvgIpc) is 2.66. The molecule has 100 valence electrons. The number of rotatable bonds is 5. The maximum absolute atomic E-state index is 12.3. The molecule has 0 aliphatic carbocycles. The molecule has 8 heteroatoms. The standard InChI is InChI=1S/C10H12BrClN2O2S2/c1-3-14(6-7(2)5-13)18(15,16)9-4-8(12)10(11)17-9/h4,7H,3,6H2,1-2H3. The van der Waals surface area contributed by atoms with Crippen molar-refractivity contribution in [1.82, 2.24) is 4.31 Å². The van der Waals surface area contributed by atoms with Gasteiger partial charge >= 0.3 is 0 Å².